The van der Waals surface area contributed by atoms with Gasteiger partial charge in [0.2, 0.25) is 0 Å². The molecule has 0 saturated heterocycles. The van der Waals surface area contributed by atoms with Gasteiger partial charge < -0.3 is 24.2 Å². The van der Waals surface area contributed by atoms with Crippen molar-refractivity contribution in [3.05, 3.63) is 59.7 Å². The van der Waals surface area contributed by atoms with Crippen molar-refractivity contribution in [2.24, 2.45) is 0 Å². The first kappa shape index (κ1) is 25.2. The normalized spacial score (nSPS) is 11.8. The summed E-state index contributed by atoms with van der Waals surface area (Å²) in [5.74, 6) is 0.0476. The molecule has 0 amide bonds. The Morgan fingerprint density at radius 2 is 1.81 bits per heavy atom. The van der Waals surface area contributed by atoms with E-state index in [0.717, 1.165) is 36.4 Å². The van der Waals surface area contributed by atoms with E-state index < -0.39 is 18.0 Å². The van der Waals surface area contributed by atoms with Crippen molar-refractivity contribution < 1.29 is 28.9 Å². The Morgan fingerprint density at radius 3 is 2.53 bits per heavy atom. The average molecular weight is 444 g/mol. The molecule has 0 unspecified atom stereocenters. The first-order valence-electron chi connectivity index (χ1n) is 10.8. The van der Waals surface area contributed by atoms with Gasteiger partial charge in [0.1, 0.15) is 24.2 Å². The monoisotopic (exact) mass is 443 g/mol. The predicted molar refractivity (Wildman–Crippen MR) is 122 cm³/mol. The Hall–Kier alpha value is -3.06. The quantitative estimate of drug-likeness (QED) is 0.447. The zero-order valence-electron chi connectivity index (χ0n) is 19.1. The molecule has 2 aromatic carbocycles. The maximum atomic E-state index is 12.0. The molecular weight excluding hydrogens is 410 g/mol. The predicted octanol–water partition coefficient (Wildman–Crippen LogP) is 3.59. The second kappa shape index (κ2) is 13.4. The zero-order chi connectivity index (χ0) is 23.3. The third-order valence-electron chi connectivity index (χ3n) is 4.95. The van der Waals surface area contributed by atoms with Crippen LogP contribution in [0, 0.1) is 0 Å². The lowest BCUT2D eigenvalue weighted by atomic mass is 10.0. The number of aliphatic carboxylic acids is 1. The molecule has 32 heavy (non-hydrogen) atoms. The van der Waals surface area contributed by atoms with Gasteiger partial charge in [-0.15, -0.1) is 0 Å². The minimum absolute atomic E-state index is 0.148. The highest BCUT2D eigenvalue weighted by Crippen LogP contribution is 2.22. The fourth-order valence-electron chi connectivity index (χ4n) is 3.17. The molecule has 0 bridgehead atoms. The first-order valence-corrected chi connectivity index (χ1v) is 10.8. The van der Waals surface area contributed by atoms with E-state index in [-0.39, 0.29) is 19.4 Å². The largest absolute Gasteiger partial charge is 0.497 e. The van der Waals surface area contributed by atoms with Crippen molar-refractivity contribution in [1.29, 1.82) is 0 Å². The number of hydrogen-bond acceptors (Lipinski definition) is 6. The summed E-state index contributed by atoms with van der Waals surface area (Å²) in [6.07, 6.45) is 1.39. The number of carbonyl (C=O) groups excluding carboxylic acids is 1. The Balaban J connectivity index is 1.98. The Kier molecular flexibility index (Phi) is 10.5. The number of methoxy groups -OCH3 is 1. The molecule has 2 aromatic rings. The van der Waals surface area contributed by atoms with Crippen molar-refractivity contribution in [1.82, 2.24) is 4.90 Å². The molecule has 1 atom stereocenters. The second-order valence-electron chi connectivity index (χ2n) is 7.87. The highest BCUT2D eigenvalue weighted by molar-refractivity contribution is 5.76. The van der Waals surface area contributed by atoms with Gasteiger partial charge in [0, 0.05) is 13.0 Å². The fourth-order valence-corrected chi connectivity index (χ4v) is 3.17. The summed E-state index contributed by atoms with van der Waals surface area (Å²) in [7, 11) is 5.54. The number of carboxylic acid groups (broad SMARTS) is 1. The molecule has 7 heteroatoms. The molecule has 0 aromatic heterocycles. The van der Waals surface area contributed by atoms with Crippen molar-refractivity contribution in [2.75, 3.05) is 34.4 Å². The maximum Gasteiger partial charge on any atom is 0.306 e. The molecular formula is C25H33NO6. The number of carbonyl (C=O) groups is 2. The van der Waals surface area contributed by atoms with Crippen molar-refractivity contribution >= 4 is 11.9 Å². The number of hydrogen-bond donors (Lipinski definition) is 1. The SMILES string of the molecule is COc1cccc(CCc2ccccc2OC[C@H](CCN(C)C)OC(=O)CCC(=O)O)c1. The van der Waals surface area contributed by atoms with E-state index in [4.69, 9.17) is 19.3 Å². The third-order valence-corrected chi connectivity index (χ3v) is 4.95. The highest BCUT2D eigenvalue weighted by Gasteiger charge is 2.17. The summed E-state index contributed by atoms with van der Waals surface area (Å²) in [6, 6.07) is 15.8. The minimum atomic E-state index is -1.02. The van der Waals surface area contributed by atoms with Crippen molar-refractivity contribution in [3.8, 4) is 11.5 Å². The van der Waals surface area contributed by atoms with Gasteiger partial charge in [-0.2, -0.15) is 0 Å². The van der Waals surface area contributed by atoms with E-state index >= 15 is 0 Å². The maximum absolute atomic E-state index is 12.0. The molecule has 7 nitrogen and oxygen atoms in total. The summed E-state index contributed by atoms with van der Waals surface area (Å²) in [4.78, 5) is 24.7. The van der Waals surface area contributed by atoms with Crippen LogP contribution in [0.25, 0.3) is 0 Å². The summed E-state index contributed by atoms with van der Waals surface area (Å²) in [5.41, 5.74) is 2.24. The summed E-state index contributed by atoms with van der Waals surface area (Å²) in [5, 5.41) is 8.77. The molecule has 2 rings (SSSR count). The Bertz CT molecular complexity index is 867. The molecule has 0 aliphatic carbocycles. The Morgan fingerprint density at radius 1 is 1.03 bits per heavy atom. The van der Waals surface area contributed by atoms with Crippen molar-refractivity contribution in [2.45, 2.75) is 38.2 Å². The average Bonchev–Trinajstić information content (AvgIpc) is 2.78. The van der Waals surface area contributed by atoms with Crippen LogP contribution in [0.15, 0.2) is 48.5 Å². The van der Waals surface area contributed by atoms with Gasteiger partial charge in [0.25, 0.3) is 0 Å². The molecule has 0 radical (unpaired) electrons. The summed E-state index contributed by atoms with van der Waals surface area (Å²) < 4.78 is 16.8. The minimum Gasteiger partial charge on any atom is -0.497 e. The molecule has 1 N–H and O–H groups in total. The number of carboxylic acids is 1. The van der Waals surface area contributed by atoms with Gasteiger partial charge in [-0.05, 0) is 56.3 Å². The van der Waals surface area contributed by atoms with E-state index in [1.54, 1.807) is 7.11 Å². The van der Waals surface area contributed by atoms with Crippen molar-refractivity contribution in [3.63, 3.8) is 0 Å². The van der Waals surface area contributed by atoms with E-state index in [1.807, 2.05) is 61.5 Å². The molecule has 0 aliphatic heterocycles. The fraction of sp³-hybridized carbons (Fsp3) is 0.440. The molecule has 0 aliphatic rings. The van der Waals surface area contributed by atoms with Crippen LogP contribution in [0.3, 0.4) is 0 Å². The Labute approximate surface area is 189 Å². The number of rotatable bonds is 14. The van der Waals surface area contributed by atoms with E-state index in [1.165, 1.54) is 5.56 Å². The lowest BCUT2D eigenvalue weighted by Crippen LogP contribution is -2.29. The third kappa shape index (κ3) is 9.39. The summed E-state index contributed by atoms with van der Waals surface area (Å²) in [6.45, 7) is 0.931. The van der Waals surface area contributed by atoms with Crippen LogP contribution in [-0.4, -0.2) is 62.4 Å². The van der Waals surface area contributed by atoms with Crippen LogP contribution >= 0.6 is 0 Å². The number of esters is 1. The highest BCUT2D eigenvalue weighted by atomic mass is 16.6. The molecule has 0 heterocycles. The van der Waals surface area contributed by atoms with Crippen LogP contribution in [0.2, 0.25) is 0 Å². The number of para-hydroxylation sites is 1. The zero-order valence-corrected chi connectivity index (χ0v) is 19.1. The number of aryl methyl sites for hydroxylation is 2. The number of nitrogens with zero attached hydrogens (tertiary/aromatic N) is 1. The second-order valence-corrected chi connectivity index (χ2v) is 7.87. The van der Waals surface area contributed by atoms with Gasteiger partial charge in [0.15, 0.2) is 0 Å². The van der Waals surface area contributed by atoms with Gasteiger partial charge >= 0.3 is 11.9 Å². The summed E-state index contributed by atoms with van der Waals surface area (Å²) >= 11 is 0. The number of ether oxygens (including phenoxy) is 3. The molecule has 174 valence electrons. The van der Waals surface area contributed by atoms with Gasteiger partial charge in [0.05, 0.1) is 20.0 Å². The van der Waals surface area contributed by atoms with Gasteiger partial charge in [-0.1, -0.05) is 30.3 Å². The lowest BCUT2D eigenvalue weighted by molar-refractivity contribution is -0.153. The van der Waals surface area contributed by atoms with Gasteiger partial charge in [-0.3, -0.25) is 9.59 Å². The molecule has 0 fully saturated rings. The van der Waals surface area contributed by atoms with E-state index in [0.29, 0.717) is 6.42 Å². The van der Waals surface area contributed by atoms with Crippen LogP contribution < -0.4 is 9.47 Å². The van der Waals surface area contributed by atoms with Crippen LogP contribution in [0.4, 0.5) is 0 Å². The standard InChI is InChI=1S/C25H33NO6/c1-26(2)16-15-22(32-25(29)14-13-24(27)28)18-31-23-10-5-4-8-20(23)12-11-19-7-6-9-21(17-19)30-3/h4-10,17,22H,11-16,18H2,1-3H3,(H,27,28)/t22-/m0/s1. The van der Waals surface area contributed by atoms with E-state index in [2.05, 4.69) is 6.07 Å². The first-order chi connectivity index (χ1) is 15.4. The smallest absolute Gasteiger partial charge is 0.306 e. The molecule has 0 spiro atoms. The lowest BCUT2D eigenvalue weighted by Gasteiger charge is -2.21. The van der Waals surface area contributed by atoms with E-state index in [9.17, 15) is 9.59 Å². The van der Waals surface area contributed by atoms with Crippen LogP contribution in [0.1, 0.15) is 30.4 Å². The van der Waals surface area contributed by atoms with Gasteiger partial charge in [-0.25, -0.2) is 0 Å². The van der Waals surface area contributed by atoms with Crippen LogP contribution in [-0.2, 0) is 27.2 Å². The molecule has 0 saturated carbocycles. The number of benzene rings is 2. The topological polar surface area (TPSA) is 85.3 Å². The van der Waals surface area contributed by atoms with Crippen LogP contribution in [0.5, 0.6) is 11.5 Å².